The van der Waals surface area contributed by atoms with Crippen LogP contribution in [0.1, 0.15) is 30.9 Å². The Balaban J connectivity index is 1.74. The number of carbonyl (C=O) groups is 1. The Hall–Kier alpha value is -1.42. The summed E-state index contributed by atoms with van der Waals surface area (Å²) in [6.45, 7) is 1.75. The maximum absolute atomic E-state index is 12.7. The van der Waals surface area contributed by atoms with Gasteiger partial charge in [0.1, 0.15) is 5.82 Å². The Labute approximate surface area is 99.9 Å². The fraction of sp³-hybridized carbons (Fsp3) is 0.462. The number of halogens is 1. The number of nitrogens with zero attached hydrogens (tertiary/aromatic N) is 1. The SMILES string of the molecule is O=C(CCCC(O)c1ccc(F)cc1)N1CC1. The molecule has 1 aromatic rings. The Morgan fingerprint density at radius 2 is 2.00 bits per heavy atom. The highest BCUT2D eigenvalue weighted by Gasteiger charge is 2.23. The van der Waals surface area contributed by atoms with Gasteiger partial charge in [0.25, 0.3) is 0 Å². The summed E-state index contributed by atoms with van der Waals surface area (Å²) < 4.78 is 12.7. The minimum atomic E-state index is -0.613. The minimum absolute atomic E-state index is 0.163. The third-order valence-electron chi connectivity index (χ3n) is 2.92. The maximum atomic E-state index is 12.7. The summed E-state index contributed by atoms with van der Waals surface area (Å²) in [5, 5.41) is 9.83. The van der Waals surface area contributed by atoms with E-state index in [1.54, 1.807) is 17.0 Å². The molecule has 1 atom stereocenters. The van der Waals surface area contributed by atoms with Crippen LogP contribution in [0.25, 0.3) is 0 Å². The molecule has 1 heterocycles. The molecule has 0 bridgehead atoms. The Kier molecular flexibility index (Phi) is 3.74. The number of rotatable bonds is 5. The normalized spacial score (nSPS) is 15.8. The van der Waals surface area contributed by atoms with Crippen molar-refractivity contribution in [2.45, 2.75) is 25.4 Å². The van der Waals surface area contributed by atoms with Crippen molar-refractivity contribution in [1.82, 2.24) is 4.90 Å². The quantitative estimate of drug-likeness (QED) is 0.794. The van der Waals surface area contributed by atoms with Crippen LogP contribution in [0.2, 0.25) is 0 Å². The van der Waals surface area contributed by atoms with Crippen LogP contribution >= 0.6 is 0 Å². The summed E-state index contributed by atoms with van der Waals surface area (Å²) in [5.41, 5.74) is 0.700. The van der Waals surface area contributed by atoms with Gasteiger partial charge in [0.2, 0.25) is 5.91 Å². The zero-order valence-corrected chi connectivity index (χ0v) is 9.60. The second-order valence-electron chi connectivity index (χ2n) is 4.34. The fourth-order valence-corrected chi connectivity index (χ4v) is 1.76. The topological polar surface area (TPSA) is 40.3 Å². The molecule has 1 aliphatic rings. The van der Waals surface area contributed by atoms with Gasteiger partial charge in [-0.15, -0.1) is 0 Å². The van der Waals surface area contributed by atoms with E-state index in [1.165, 1.54) is 12.1 Å². The highest BCUT2D eigenvalue weighted by molar-refractivity contribution is 5.78. The predicted molar refractivity (Wildman–Crippen MR) is 61.8 cm³/mol. The van der Waals surface area contributed by atoms with Gasteiger partial charge in [-0.1, -0.05) is 12.1 Å². The standard InChI is InChI=1S/C13H16FNO2/c14-11-6-4-10(5-7-11)12(16)2-1-3-13(17)15-8-9-15/h4-7,12,16H,1-3,8-9H2. The van der Waals surface area contributed by atoms with Gasteiger partial charge in [-0.05, 0) is 30.5 Å². The highest BCUT2D eigenvalue weighted by Crippen LogP contribution is 2.20. The molecule has 2 rings (SSSR count). The second kappa shape index (κ2) is 5.27. The minimum Gasteiger partial charge on any atom is -0.388 e. The smallest absolute Gasteiger partial charge is 0.222 e. The third kappa shape index (κ3) is 3.53. The molecular formula is C13H16FNO2. The molecule has 1 amide bonds. The van der Waals surface area contributed by atoms with Gasteiger partial charge >= 0.3 is 0 Å². The van der Waals surface area contributed by atoms with E-state index in [0.717, 1.165) is 13.1 Å². The van der Waals surface area contributed by atoms with Gasteiger partial charge in [0, 0.05) is 19.5 Å². The number of carbonyl (C=O) groups excluding carboxylic acids is 1. The van der Waals surface area contributed by atoms with E-state index in [1.807, 2.05) is 0 Å². The molecule has 1 saturated heterocycles. The van der Waals surface area contributed by atoms with Crippen molar-refractivity contribution in [3.8, 4) is 0 Å². The summed E-state index contributed by atoms with van der Waals surface area (Å²) >= 11 is 0. The second-order valence-corrected chi connectivity index (χ2v) is 4.34. The molecule has 0 aliphatic carbocycles. The average molecular weight is 237 g/mol. The Morgan fingerprint density at radius 3 is 2.59 bits per heavy atom. The van der Waals surface area contributed by atoms with E-state index in [2.05, 4.69) is 0 Å². The summed E-state index contributed by atoms with van der Waals surface area (Å²) in [6, 6.07) is 5.82. The van der Waals surface area contributed by atoms with Crippen LogP contribution in [0.3, 0.4) is 0 Å². The molecule has 1 N–H and O–H groups in total. The number of hydrogen-bond donors (Lipinski definition) is 1. The molecular weight excluding hydrogens is 221 g/mol. The molecule has 0 aromatic heterocycles. The lowest BCUT2D eigenvalue weighted by atomic mass is 10.0. The molecule has 0 saturated carbocycles. The number of hydrogen-bond acceptors (Lipinski definition) is 2. The van der Waals surface area contributed by atoms with Crippen LogP contribution in [0.5, 0.6) is 0 Å². The maximum Gasteiger partial charge on any atom is 0.222 e. The zero-order valence-electron chi connectivity index (χ0n) is 9.60. The van der Waals surface area contributed by atoms with E-state index in [0.29, 0.717) is 24.8 Å². The first-order valence-electron chi connectivity index (χ1n) is 5.88. The van der Waals surface area contributed by atoms with E-state index in [4.69, 9.17) is 0 Å². The first-order chi connectivity index (χ1) is 8.16. The van der Waals surface area contributed by atoms with Crippen molar-refractivity contribution >= 4 is 5.91 Å². The monoisotopic (exact) mass is 237 g/mol. The molecule has 1 aliphatic heterocycles. The number of aliphatic hydroxyl groups is 1. The zero-order chi connectivity index (χ0) is 12.3. The summed E-state index contributed by atoms with van der Waals surface area (Å²) in [4.78, 5) is 13.1. The van der Waals surface area contributed by atoms with Crippen molar-refractivity contribution in [2.75, 3.05) is 13.1 Å². The molecule has 1 unspecified atom stereocenters. The van der Waals surface area contributed by atoms with Gasteiger partial charge in [-0.2, -0.15) is 0 Å². The lowest BCUT2D eigenvalue weighted by Crippen LogP contribution is -2.10. The number of benzene rings is 1. The lowest BCUT2D eigenvalue weighted by molar-refractivity contribution is -0.125. The lowest BCUT2D eigenvalue weighted by Gasteiger charge is -2.10. The average Bonchev–Trinajstić information content (AvgIpc) is 3.13. The molecule has 3 nitrogen and oxygen atoms in total. The number of amides is 1. The third-order valence-corrected chi connectivity index (χ3v) is 2.92. The van der Waals surface area contributed by atoms with Crippen molar-refractivity contribution < 1.29 is 14.3 Å². The molecule has 92 valence electrons. The Bertz CT molecular complexity index is 387. The fourth-order valence-electron chi connectivity index (χ4n) is 1.76. The van der Waals surface area contributed by atoms with E-state index >= 15 is 0 Å². The van der Waals surface area contributed by atoms with Gasteiger partial charge in [0.05, 0.1) is 6.10 Å². The van der Waals surface area contributed by atoms with E-state index in [-0.39, 0.29) is 11.7 Å². The molecule has 17 heavy (non-hydrogen) atoms. The largest absolute Gasteiger partial charge is 0.388 e. The van der Waals surface area contributed by atoms with Crippen LogP contribution in [-0.2, 0) is 4.79 Å². The van der Waals surface area contributed by atoms with Crippen molar-refractivity contribution in [3.63, 3.8) is 0 Å². The summed E-state index contributed by atoms with van der Waals surface area (Å²) in [7, 11) is 0. The van der Waals surface area contributed by atoms with Crippen molar-refractivity contribution in [2.24, 2.45) is 0 Å². The van der Waals surface area contributed by atoms with Crippen molar-refractivity contribution in [3.05, 3.63) is 35.6 Å². The van der Waals surface area contributed by atoms with E-state index < -0.39 is 6.10 Å². The molecule has 1 fully saturated rings. The van der Waals surface area contributed by atoms with Crippen molar-refractivity contribution in [1.29, 1.82) is 0 Å². The highest BCUT2D eigenvalue weighted by atomic mass is 19.1. The van der Waals surface area contributed by atoms with Gasteiger partial charge in [0.15, 0.2) is 0 Å². The number of aliphatic hydroxyl groups excluding tert-OH is 1. The Morgan fingerprint density at radius 1 is 1.35 bits per heavy atom. The van der Waals surface area contributed by atoms with Gasteiger partial charge in [-0.3, -0.25) is 4.79 Å². The molecule has 0 radical (unpaired) electrons. The van der Waals surface area contributed by atoms with Crippen LogP contribution < -0.4 is 0 Å². The van der Waals surface area contributed by atoms with Crippen LogP contribution in [0, 0.1) is 5.82 Å². The van der Waals surface area contributed by atoms with Gasteiger partial charge < -0.3 is 10.0 Å². The molecule has 4 heteroatoms. The van der Waals surface area contributed by atoms with Crippen LogP contribution in [-0.4, -0.2) is 29.0 Å². The summed E-state index contributed by atoms with van der Waals surface area (Å²) in [5.74, 6) is -0.144. The van der Waals surface area contributed by atoms with E-state index in [9.17, 15) is 14.3 Å². The van der Waals surface area contributed by atoms with Crippen LogP contribution in [0.15, 0.2) is 24.3 Å². The van der Waals surface area contributed by atoms with Crippen LogP contribution in [0.4, 0.5) is 4.39 Å². The molecule has 1 aromatic carbocycles. The molecule has 0 spiro atoms. The van der Waals surface area contributed by atoms with Gasteiger partial charge in [-0.25, -0.2) is 4.39 Å². The predicted octanol–water partition coefficient (Wildman–Crippen LogP) is 1.87. The first kappa shape index (κ1) is 12.0. The summed E-state index contributed by atoms with van der Waals surface area (Å²) in [6.07, 6.45) is 1.06. The first-order valence-corrected chi connectivity index (χ1v) is 5.88.